The number of benzene rings is 2. The molecular formula is C28H31N3O4. The van der Waals surface area contributed by atoms with Crippen molar-refractivity contribution in [2.45, 2.75) is 43.1 Å². The number of anilines is 1. The van der Waals surface area contributed by atoms with Gasteiger partial charge >= 0.3 is 5.97 Å². The molecule has 3 aliphatic rings. The van der Waals surface area contributed by atoms with E-state index in [0.717, 1.165) is 37.2 Å². The maximum atomic E-state index is 13.5. The first-order chi connectivity index (χ1) is 17.1. The van der Waals surface area contributed by atoms with Gasteiger partial charge in [0.15, 0.2) is 0 Å². The average molecular weight is 474 g/mol. The normalized spacial score (nSPS) is 24.3. The molecule has 3 N–H and O–H groups in total. The number of rotatable bonds is 8. The Morgan fingerprint density at radius 3 is 2.46 bits per heavy atom. The van der Waals surface area contributed by atoms with E-state index >= 15 is 0 Å². The molecule has 3 heterocycles. The highest BCUT2D eigenvalue weighted by atomic mass is 16.5. The van der Waals surface area contributed by atoms with Crippen LogP contribution in [-0.4, -0.2) is 55.9 Å². The van der Waals surface area contributed by atoms with Crippen molar-refractivity contribution in [3.05, 3.63) is 89.5 Å². The summed E-state index contributed by atoms with van der Waals surface area (Å²) in [5.74, 6) is -0.799. The third kappa shape index (κ3) is 4.61. The van der Waals surface area contributed by atoms with E-state index in [2.05, 4.69) is 16.0 Å². The average Bonchev–Trinajstić information content (AvgIpc) is 3.48. The van der Waals surface area contributed by atoms with Crippen LogP contribution in [0.15, 0.2) is 84.0 Å². The van der Waals surface area contributed by atoms with E-state index in [-0.39, 0.29) is 23.6 Å². The van der Waals surface area contributed by atoms with Crippen LogP contribution in [0.2, 0.25) is 0 Å². The fraction of sp³-hybridized carbons (Fsp3) is 0.357. The number of fused-ring (bicyclic) bond motifs is 2. The molecule has 35 heavy (non-hydrogen) atoms. The highest BCUT2D eigenvalue weighted by molar-refractivity contribution is 6.07. The van der Waals surface area contributed by atoms with Crippen LogP contribution >= 0.6 is 0 Å². The largest absolute Gasteiger partial charge is 0.466 e. The fourth-order valence-electron chi connectivity index (χ4n) is 5.28. The van der Waals surface area contributed by atoms with Crippen LogP contribution in [-0.2, 0) is 25.5 Å². The van der Waals surface area contributed by atoms with Crippen molar-refractivity contribution in [3.63, 3.8) is 0 Å². The molecule has 3 unspecified atom stereocenters. The Morgan fingerprint density at radius 1 is 1.09 bits per heavy atom. The molecular weight excluding hydrogens is 442 g/mol. The Labute approximate surface area is 205 Å². The van der Waals surface area contributed by atoms with E-state index in [1.54, 1.807) is 0 Å². The molecule has 0 aliphatic carbocycles. The van der Waals surface area contributed by atoms with Crippen molar-refractivity contribution >= 4 is 17.6 Å². The Hall–Kier alpha value is -3.42. The zero-order valence-corrected chi connectivity index (χ0v) is 19.8. The Bertz CT molecular complexity index is 1080. The minimum atomic E-state index is -1.13. The first-order valence-electron chi connectivity index (χ1n) is 12.2. The van der Waals surface area contributed by atoms with Gasteiger partial charge in [0.25, 0.3) is 5.91 Å². The zero-order valence-electron chi connectivity index (χ0n) is 19.8. The van der Waals surface area contributed by atoms with Gasteiger partial charge < -0.3 is 25.4 Å². The monoisotopic (exact) mass is 473 g/mol. The van der Waals surface area contributed by atoms with E-state index in [4.69, 9.17) is 9.47 Å². The predicted molar refractivity (Wildman–Crippen MR) is 134 cm³/mol. The van der Waals surface area contributed by atoms with E-state index in [0.29, 0.717) is 12.0 Å². The van der Waals surface area contributed by atoms with Gasteiger partial charge in [0.05, 0.1) is 24.3 Å². The molecule has 0 radical (unpaired) electrons. The van der Waals surface area contributed by atoms with Crippen molar-refractivity contribution < 1.29 is 19.1 Å². The van der Waals surface area contributed by atoms with E-state index in [1.807, 2.05) is 72.8 Å². The third-order valence-electron chi connectivity index (χ3n) is 7.01. The van der Waals surface area contributed by atoms with E-state index < -0.39 is 17.7 Å². The van der Waals surface area contributed by atoms with Crippen LogP contribution in [0.5, 0.6) is 0 Å². The molecule has 7 nitrogen and oxygen atoms in total. The molecule has 0 saturated carbocycles. The lowest BCUT2D eigenvalue weighted by molar-refractivity contribution is -0.138. The minimum Gasteiger partial charge on any atom is -0.466 e. The summed E-state index contributed by atoms with van der Waals surface area (Å²) in [6, 6.07) is 19.6. The van der Waals surface area contributed by atoms with Crippen molar-refractivity contribution in [1.82, 2.24) is 10.6 Å². The standard InChI is InChI=1S/C28H31N3O4/c1-34-27(33)25-24(26(32)31-21-13-16-29-17-14-21)22-12-15-28(25,35-22)23(18-19-8-4-2-5-9-19)30-20-10-6-3-7-11-20/h2-12,15,21-23,29-30H,13-14,16-18H2,1H3,(H,31,32). The van der Waals surface area contributed by atoms with Crippen LogP contribution in [0.3, 0.4) is 0 Å². The highest BCUT2D eigenvalue weighted by Crippen LogP contribution is 2.47. The second kappa shape index (κ2) is 10.1. The summed E-state index contributed by atoms with van der Waals surface area (Å²) in [5.41, 5.74) is 1.49. The first-order valence-corrected chi connectivity index (χ1v) is 12.2. The molecule has 0 aromatic heterocycles. The van der Waals surface area contributed by atoms with Gasteiger partial charge in [-0.05, 0) is 56.1 Å². The van der Waals surface area contributed by atoms with Gasteiger partial charge in [-0.2, -0.15) is 0 Å². The summed E-state index contributed by atoms with van der Waals surface area (Å²) >= 11 is 0. The first kappa shape index (κ1) is 23.3. The smallest absolute Gasteiger partial charge is 0.337 e. The summed E-state index contributed by atoms with van der Waals surface area (Å²) in [6.45, 7) is 1.72. The fourth-order valence-corrected chi connectivity index (χ4v) is 5.28. The summed E-state index contributed by atoms with van der Waals surface area (Å²) in [5, 5.41) is 10.0. The SMILES string of the molecule is COC(=O)C1=C(C(=O)NC2CCNCC2)C2C=CC1(C(Cc1ccccc1)Nc1ccccc1)O2. The molecule has 2 aromatic rings. The maximum absolute atomic E-state index is 13.5. The molecule has 1 fully saturated rings. The number of ether oxygens (including phenoxy) is 2. The van der Waals surface area contributed by atoms with Crippen molar-refractivity contribution in [2.75, 3.05) is 25.5 Å². The number of hydrogen-bond donors (Lipinski definition) is 3. The third-order valence-corrected chi connectivity index (χ3v) is 7.01. The number of carbonyl (C=O) groups excluding carboxylic acids is 2. The summed E-state index contributed by atoms with van der Waals surface area (Å²) in [4.78, 5) is 26.7. The van der Waals surface area contributed by atoms with Crippen molar-refractivity contribution in [2.24, 2.45) is 0 Å². The van der Waals surface area contributed by atoms with Crippen LogP contribution in [0.1, 0.15) is 18.4 Å². The summed E-state index contributed by atoms with van der Waals surface area (Å²) < 4.78 is 11.7. The number of esters is 1. The Morgan fingerprint density at radius 2 is 1.77 bits per heavy atom. The molecule has 0 spiro atoms. The van der Waals surface area contributed by atoms with Crippen LogP contribution in [0.25, 0.3) is 0 Å². The number of methoxy groups -OCH3 is 1. The number of para-hydroxylation sites is 1. The second-order valence-corrected chi connectivity index (χ2v) is 9.22. The summed E-state index contributed by atoms with van der Waals surface area (Å²) in [7, 11) is 1.35. The van der Waals surface area contributed by atoms with Crippen LogP contribution < -0.4 is 16.0 Å². The minimum absolute atomic E-state index is 0.0664. The Kier molecular flexibility index (Phi) is 6.70. The molecule has 7 heteroatoms. The highest BCUT2D eigenvalue weighted by Gasteiger charge is 2.58. The molecule has 182 valence electrons. The summed E-state index contributed by atoms with van der Waals surface area (Å²) in [6.07, 6.45) is 5.48. The van der Waals surface area contributed by atoms with Crippen LogP contribution in [0.4, 0.5) is 5.69 Å². The molecule has 2 aromatic carbocycles. The molecule has 3 atom stereocenters. The Balaban J connectivity index is 1.53. The van der Waals surface area contributed by atoms with E-state index in [1.165, 1.54) is 7.11 Å². The maximum Gasteiger partial charge on any atom is 0.337 e. The van der Waals surface area contributed by atoms with Gasteiger partial charge in [0.1, 0.15) is 11.7 Å². The lowest BCUT2D eigenvalue weighted by Gasteiger charge is -2.36. The lowest BCUT2D eigenvalue weighted by atomic mass is 9.78. The van der Waals surface area contributed by atoms with Gasteiger partial charge in [-0.1, -0.05) is 54.6 Å². The number of hydrogen-bond acceptors (Lipinski definition) is 6. The molecule has 1 saturated heterocycles. The quantitative estimate of drug-likeness (QED) is 0.404. The topological polar surface area (TPSA) is 88.7 Å². The molecule has 3 aliphatic heterocycles. The molecule has 5 rings (SSSR count). The van der Waals surface area contributed by atoms with E-state index in [9.17, 15) is 9.59 Å². The van der Waals surface area contributed by atoms with Gasteiger partial charge in [0.2, 0.25) is 0 Å². The number of carbonyl (C=O) groups is 2. The van der Waals surface area contributed by atoms with Gasteiger partial charge in [-0.25, -0.2) is 4.79 Å². The number of nitrogens with one attached hydrogen (secondary N) is 3. The van der Waals surface area contributed by atoms with Gasteiger partial charge in [-0.3, -0.25) is 4.79 Å². The number of amides is 1. The van der Waals surface area contributed by atoms with Gasteiger partial charge in [0, 0.05) is 11.7 Å². The van der Waals surface area contributed by atoms with Crippen molar-refractivity contribution in [3.8, 4) is 0 Å². The lowest BCUT2D eigenvalue weighted by Crippen LogP contribution is -2.50. The van der Waals surface area contributed by atoms with Gasteiger partial charge in [-0.15, -0.1) is 0 Å². The van der Waals surface area contributed by atoms with Crippen LogP contribution in [0, 0.1) is 0 Å². The second-order valence-electron chi connectivity index (χ2n) is 9.22. The van der Waals surface area contributed by atoms with Crippen molar-refractivity contribution in [1.29, 1.82) is 0 Å². The predicted octanol–water partition coefficient (Wildman–Crippen LogP) is 2.76. The number of piperidine rings is 1. The molecule has 1 amide bonds. The zero-order chi connectivity index (χ0) is 24.3. The molecule has 2 bridgehead atoms.